The third-order valence-electron chi connectivity index (χ3n) is 2.31. The highest BCUT2D eigenvalue weighted by atomic mass is 32.2. The van der Waals surface area contributed by atoms with Crippen LogP contribution in [0.15, 0.2) is 29.2 Å². The Morgan fingerprint density at radius 1 is 1.38 bits per heavy atom. The van der Waals surface area contributed by atoms with E-state index in [1.54, 1.807) is 11.9 Å². The molecule has 1 saturated carbocycles. The Morgan fingerprint density at radius 3 is 2.85 bits per heavy atom. The molecule has 2 nitrogen and oxygen atoms in total. The van der Waals surface area contributed by atoms with Crippen molar-refractivity contribution in [3.63, 3.8) is 0 Å². The summed E-state index contributed by atoms with van der Waals surface area (Å²) in [5, 5.41) is 0. The van der Waals surface area contributed by atoms with Gasteiger partial charge in [-0.05, 0) is 43.0 Å². The van der Waals surface area contributed by atoms with E-state index in [0.717, 1.165) is 5.69 Å². The molecule has 0 atom stereocenters. The van der Waals surface area contributed by atoms with Gasteiger partial charge in [0.25, 0.3) is 0 Å². The lowest BCUT2D eigenvalue weighted by molar-refractivity contribution is 0.395. The van der Waals surface area contributed by atoms with Gasteiger partial charge in [0.2, 0.25) is 0 Å². The van der Waals surface area contributed by atoms with Crippen LogP contribution in [0.2, 0.25) is 0 Å². The van der Waals surface area contributed by atoms with Crippen LogP contribution in [-0.2, 0) is 0 Å². The fourth-order valence-corrected chi connectivity index (χ4v) is 2.14. The second-order valence-corrected chi connectivity index (χ2v) is 4.33. The quantitative estimate of drug-likeness (QED) is 0.573. The van der Waals surface area contributed by atoms with Gasteiger partial charge < -0.3 is 5.73 Å². The number of benzene rings is 1. The van der Waals surface area contributed by atoms with Crippen LogP contribution in [-0.4, -0.2) is 6.04 Å². The molecule has 1 aromatic carbocycles. The van der Waals surface area contributed by atoms with Gasteiger partial charge in [-0.3, -0.25) is 4.72 Å². The lowest BCUT2D eigenvalue weighted by Gasteiger charge is -2.25. The van der Waals surface area contributed by atoms with Gasteiger partial charge in [0.1, 0.15) is 0 Å². The van der Waals surface area contributed by atoms with E-state index in [1.165, 1.54) is 24.2 Å². The molecule has 0 bridgehead atoms. The second-order valence-electron chi connectivity index (χ2n) is 3.42. The maximum Gasteiger partial charge on any atom is 0.0325 e. The molecule has 1 aromatic rings. The molecule has 3 heteroatoms. The second kappa shape index (κ2) is 4.03. The van der Waals surface area contributed by atoms with Crippen molar-refractivity contribution in [3.05, 3.63) is 24.3 Å². The third-order valence-corrected chi connectivity index (χ3v) is 3.25. The summed E-state index contributed by atoms with van der Waals surface area (Å²) in [6, 6.07) is 8.68. The highest BCUT2D eigenvalue weighted by Crippen LogP contribution is 2.24. The maximum atomic E-state index is 5.67. The number of hydrogen-bond donors (Lipinski definition) is 2. The molecule has 1 aliphatic rings. The molecule has 0 heterocycles. The van der Waals surface area contributed by atoms with Crippen molar-refractivity contribution < 1.29 is 0 Å². The maximum absolute atomic E-state index is 5.67. The summed E-state index contributed by atoms with van der Waals surface area (Å²) in [7, 11) is 0. The summed E-state index contributed by atoms with van der Waals surface area (Å²) in [4.78, 5) is 1.20. The number of anilines is 1. The van der Waals surface area contributed by atoms with Crippen molar-refractivity contribution in [2.24, 2.45) is 0 Å². The molecule has 0 saturated heterocycles. The summed E-state index contributed by atoms with van der Waals surface area (Å²) in [6.45, 7) is 0. The fourth-order valence-electron chi connectivity index (χ4n) is 1.26. The van der Waals surface area contributed by atoms with E-state index < -0.39 is 0 Å². The monoisotopic (exact) mass is 194 g/mol. The molecule has 1 aliphatic carbocycles. The predicted octanol–water partition coefficient (Wildman–Crippen LogP) is 2.42. The Labute approximate surface area is 83.0 Å². The zero-order valence-electron chi connectivity index (χ0n) is 7.49. The minimum atomic E-state index is 0.714. The van der Waals surface area contributed by atoms with Crippen LogP contribution in [0.3, 0.4) is 0 Å². The average molecular weight is 194 g/mol. The number of nitrogens with two attached hydrogens (primary N) is 1. The third kappa shape index (κ3) is 2.39. The van der Waals surface area contributed by atoms with Gasteiger partial charge in [-0.2, -0.15) is 0 Å². The largest absolute Gasteiger partial charge is 0.399 e. The van der Waals surface area contributed by atoms with Crippen LogP contribution < -0.4 is 10.5 Å². The normalized spacial score (nSPS) is 16.9. The highest BCUT2D eigenvalue weighted by molar-refractivity contribution is 7.97. The van der Waals surface area contributed by atoms with E-state index in [2.05, 4.69) is 10.8 Å². The standard InChI is InChI=1S/C10H14N2S/c11-8-3-1-6-10(7-8)13-12-9-4-2-5-9/h1,3,6-7,9,12H,2,4-5,11H2. The summed E-state index contributed by atoms with van der Waals surface area (Å²) in [5.74, 6) is 0. The van der Waals surface area contributed by atoms with Gasteiger partial charge >= 0.3 is 0 Å². The summed E-state index contributed by atoms with van der Waals surface area (Å²) >= 11 is 1.69. The first-order valence-corrected chi connectivity index (χ1v) is 5.44. The number of nitrogens with one attached hydrogen (secondary N) is 1. The van der Waals surface area contributed by atoms with E-state index in [1.807, 2.05) is 18.2 Å². The van der Waals surface area contributed by atoms with E-state index in [-0.39, 0.29) is 0 Å². The molecule has 0 aliphatic heterocycles. The van der Waals surface area contributed by atoms with Gasteiger partial charge in [0.15, 0.2) is 0 Å². The van der Waals surface area contributed by atoms with Gasteiger partial charge in [-0.1, -0.05) is 12.5 Å². The van der Waals surface area contributed by atoms with E-state index >= 15 is 0 Å². The van der Waals surface area contributed by atoms with Crippen molar-refractivity contribution in [2.45, 2.75) is 30.2 Å². The van der Waals surface area contributed by atoms with Crippen LogP contribution in [0.1, 0.15) is 19.3 Å². The topological polar surface area (TPSA) is 38.0 Å². The zero-order valence-corrected chi connectivity index (χ0v) is 8.31. The minimum Gasteiger partial charge on any atom is -0.399 e. The van der Waals surface area contributed by atoms with Crippen LogP contribution in [0.4, 0.5) is 5.69 Å². The van der Waals surface area contributed by atoms with Crippen LogP contribution >= 0.6 is 11.9 Å². The molecule has 0 amide bonds. The minimum absolute atomic E-state index is 0.714. The van der Waals surface area contributed by atoms with Crippen molar-refractivity contribution in [1.82, 2.24) is 4.72 Å². The van der Waals surface area contributed by atoms with Gasteiger partial charge in [0.05, 0.1) is 0 Å². The van der Waals surface area contributed by atoms with Crippen molar-refractivity contribution in [3.8, 4) is 0 Å². The van der Waals surface area contributed by atoms with Crippen molar-refractivity contribution in [2.75, 3.05) is 5.73 Å². The van der Waals surface area contributed by atoms with Crippen LogP contribution in [0.25, 0.3) is 0 Å². The molecule has 1 fully saturated rings. The first kappa shape index (κ1) is 8.91. The predicted molar refractivity (Wildman–Crippen MR) is 57.5 cm³/mol. The number of hydrogen-bond acceptors (Lipinski definition) is 3. The Morgan fingerprint density at radius 2 is 2.23 bits per heavy atom. The van der Waals surface area contributed by atoms with Crippen molar-refractivity contribution in [1.29, 1.82) is 0 Å². The Hall–Kier alpha value is -0.670. The Balaban J connectivity index is 1.86. The molecule has 2 rings (SSSR count). The first-order chi connectivity index (χ1) is 6.34. The lowest BCUT2D eigenvalue weighted by atomic mass is 9.94. The molecule has 0 spiro atoms. The Kier molecular flexibility index (Phi) is 2.76. The smallest absolute Gasteiger partial charge is 0.0325 e. The molecule has 3 N–H and O–H groups in total. The van der Waals surface area contributed by atoms with Gasteiger partial charge in [-0.15, -0.1) is 0 Å². The lowest BCUT2D eigenvalue weighted by Crippen LogP contribution is -2.29. The summed E-state index contributed by atoms with van der Waals surface area (Å²) < 4.78 is 3.42. The highest BCUT2D eigenvalue weighted by Gasteiger charge is 2.16. The van der Waals surface area contributed by atoms with E-state index in [4.69, 9.17) is 5.73 Å². The average Bonchev–Trinajstić information content (AvgIpc) is 2.01. The van der Waals surface area contributed by atoms with Crippen LogP contribution in [0, 0.1) is 0 Å². The van der Waals surface area contributed by atoms with Crippen molar-refractivity contribution >= 4 is 17.6 Å². The molecule has 0 radical (unpaired) electrons. The zero-order chi connectivity index (χ0) is 9.10. The molecular weight excluding hydrogens is 180 g/mol. The molecule has 0 unspecified atom stereocenters. The SMILES string of the molecule is Nc1cccc(SNC2CCC2)c1. The molecule has 70 valence electrons. The van der Waals surface area contributed by atoms with E-state index in [9.17, 15) is 0 Å². The first-order valence-electron chi connectivity index (χ1n) is 4.62. The Bertz CT molecular complexity index is 284. The molecule has 13 heavy (non-hydrogen) atoms. The van der Waals surface area contributed by atoms with E-state index in [0.29, 0.717) is 6.04 Å². The number of rotatable bonds is 3. The fraction of sp³-hybridized carbons (Fsp3) is 0.400. The summed E-state index contributed by atoms with van der Waals surface area (Å²) in [5.41, 5.74) is 6.50. The summed E-state index contributed by atoms with van der Waals surface area (Å²) in [6.07, 6.45) is 4.00. The van der Waals surface area contributed by atoms with Gasteiger partial charge in [-0.25, -0.2) is 0 Å². The molecular formula is C10H14N2S. The van der Waals surface area contributed by atoms with Crippen LogP contribution in [0.5, 0.6) is 0 Å². The molecule has 0 aromatic heterocycles. The number of nitrogen functional groups attached to an aromatic ring is 1. The van der Waals surface area contributed by atoms with Gasteiger partial charge in [0, 0.05) is 16.6 Å².